The highest BCUT2D eigenvalue weighted by atomic mass is 32.2. The molecule has 3 aromatic rings. The summed E-state index contributed by atoms with van der Waals surface area (Å²) in [6.07, 6.45) is 0.988. The molecule has 0 aliphatic rings. The van der Waals surface area contributed by atoms with E-state index >= 15 is 0 Å². The average Bonchev–Trinajstić information content (AvgIpc) is 2.44. The van der Waals surface area contributed by atoms with Crippen molar-refractivity contribution in [3.8, 4) is 0 Å². The summed E-state index contributed by atoms with van der Waals surface area (Å²) in [6, 6.07) is 15.8. The second-order valence-electron chi connectivity index (χ2n) is 5.05. The maximum Gasteiger partial charge on any atom is 0.264 e. The zero-order chi connectivity index (χ0) is 14.9. The first-order valence-electron chi connectivity index (χ1n) is 6.75. The lowest BCUT2D eigenvalue weighted by atomic mass is 10.0. The zero-order valence-electron chi connectivity index (χ0n) is 11.4. The molecule has 0 bridgehead atoms. The molecule has 4 nitrogen and oxygen atoms in total. The molecule has 0 unspecified atom stereocenters. The molecule has 0 saturated carbocycles. The van der Waals surface area contributed by atoms with Gasteiger partial charge in [0.15, 0.2) is 0 Å². The number of aromatic nitrogens is 1. The van der Waals surface area contributed by atoms with E-state index in [2.05, 4.69) is 11.1 Å². The number of rotatable bonds is 4. The summed E-state index contributed by atoms with van der Waals surface area (Å²) in [5.74, 6) is -0.218. The van der Waals surface area contributed by atoms with E-state index in [1.807, 2.05) is 42.5 Å². The molecule has 1 aromatic heterocycles. The van der Waals surface area contributed by atoms with E-state index in [-0.39, 0.29) is 5.75 Å². The minimum Gasteiger partial charge on any atom is -0.286 e. The van der Waals surface area contributed by atoms with Gasteiger partial charge >= 0.3 is 0 Å². The second kappa shape index (κ2) is 5.42. The molecule has 1 N–H and O–H groups in total. The van der Waals surface area contributed by atoms with Crippen molar-refractivity contribution in [2.24, 2.45) is 0 Å². The summed E-state index contributed by atoms with van der Waals surface area (Å²) in [5, 5.41) is 2.10. The minimum atomic E-state index is -3.90. The maximum atomic E-state index is 10.8. The van der Waals surface area contributed by atoms with Crippen molar-refractivity contribution in [3.63, 3.8) is 0 Å². The van der Waals surface area contributed by atoms with Crippen LogP contribution in [0.1, 0.15) is 12.0 Å². The zero-order valence-corrected chi connectivity index (χ0v) is 12.2. The van der Waals surface area contributed by atoms with Crippen LogP contribution in [0.3, 0.4) is 0 Å². The van der Waals surface area contributed by atoms with Crippen LogP contribution in [0.2, 0.25) is 0 Å². The molecule has 0 atom stereocenters. The van der Waals surface area contributed by atoms with Gasteiger partial charge in [-0.25, -0.2) is 4.98 Å². The van der Waals surface area contributed by atoms with E-state index in [4.69, 9.17) is 4.55 Å². The number of hydrogen-bond acceptors (Lipinski definition) is 3. The quantitative estimate of drug-likeness (QED) is 0.593. The van der Waals surface area contributed by atoms with Gasteiger partial charge in [0.2, 0.25) is 0 Å². The average molecular weight is 301 g/mol. The molecular formula is C16H15NO3S. The Morgan fingerprint density at radius 3 is 2.57 bits per heavy atom. The van der Waals surface area contributed by atoms with Crippen LogP contribution >= 0.6 is 0 Å². The summed E-state index contributed by atoms with van der Waals surface area (Å²) in [6.45, 7) is 0. The fourth-order valence-corrected chi connectivity index (χ4v) is 3.03. The third-order valence-electron chi connectivity index (χ3n) is 3.50. The topological polar surface area (TPSA) is 67.3 Å². The first-order chi connectivity index (χ1) is 10.0. The highest BCUT2D eigenvalue weighted by Crippen LogP contribution is 2.23. The highest BCUT2D eigenvalue weighted by Gasteiger charge is 2.07. The monoisotopic (exact) mass is 301 g/mol. The fourth-order valence-electron chi connectivity index (χ4n) is 2.52. The Kier molecular flexibility index (Phi) is 3.61. The molecule has 0 spiro atoms. The Labute approximate surface area is 123 Å². The predicted octanol–water partition coefficient (Wildman–Crippen LogP) is 3.21. The molecule has 5 heteroatoms. The van der Waals surface area contributed by atoms with Gasteiger partial charge in [0.25, 0.3) is 10.1 Å². The number of hydrogen-bond donors (Lipinski definition) is 1. The smallest absolute Gasteiger partial charge is 0.264 e. The van der Waals surface area contributed by atoms with Crippen molar-refractivity contribution in [1.29, 1.82) is 0 Å². The van der Waals surface area contributed by atoms with Crippen molar-refractivity contribution in [2.75, 3.05) is 5.75 Å². The molecule has 0 radical (unpaired) electrons. The third-order valence-corrected chi connectivity index (χ3v) is 4.30. The molecule has 0 aliphatic carbocycles. The Morgan fingerprint density at radius 2 is 1.76 bits per heavy atom. The van der Waals surface area contributed by atoms with Gasteiger partial charge in [-0.1, -0.05) is 30.3 Å². The molecule has 2 aromatic carbocycles. The number of aryl methyl sites for hydroxylation is 1. The maximum absolute atomic E-state index is 10.8. The van der Waals surface area contributed by atoms with Crippen LogP contribution in [0.5, 0.6) is 0 Å². The summed E-state index contributed by atoms with van der Waals surface area (Å²) in [4.78, 5) is 4.63. The van der Waals surface area contributed by atoms with E-state index in [0.717, 1.165) is 27.4 Å². The Hall–Kier alpha value is -1.98. The lowest BCUT2D eigenvalue weighted by Crippen LogP contribution is -2.05. The number of benzene rings is 2. The summed E-state index contributed by atoms with van der Waals surface area (Å²) in [5.41, 5.74) is 2.90. The number of fused-ring (bicyclic) bond motifs is 2. The minimum absolute atomic E-state index is 0.218. The molecule has 0 amide bonds. The Bertz CT molecular complexity index is 904. The van der Waals surface area contributed by atoms with E-state index in [0.29, 0.717) is 12.8 Å². The third kappa shape index (κ3) is 3.20. The number of para-hydroxylation sites is 1. The van der Waals surface area contributed by atoms with E-state index < -0.39 is 10.1 Å². The molecule has 0 fully saturated rings. The van der Waals surface area contributed by atoms with Gasteiger partial charge in [0.1, 0.15) is 0 Å². The largest absolute Gasteiger partial charge is 0.286 e. The van der Waals surface area contributed by atoms with Gasteiger partial charge in [-0.3, -0.25) is 4.55 Å². The van der Waals surface area contributed by atoms with Crippen molar-refractivity contribution >= 4 is 31.9 Å². The van der Waals surface area contributed by atoms with Gasteiger partial charge in [-0.2, -0.15) is 8.42 Å². The lowest BCUT2D eigenvalue weighted by Gasteiger charge is -2.07. The van der Waals surface area contributed by atoms with Gasteiger partial charge in [0, 0.05) is 10.8 Å². The first kappa shape index (κ1) is 14.0. The molecular weight excluding hydrogens is 286 g/mol. The molecule has 0 aliphatic heterocycles. The van der Waals surface area contributed by atoms with Gasteiger partial charge < -0.3 is 0 Å². The molecule has 108 valence electrons. The van der Waals surface area contributed by atoms with Crippen molar-refractivity contribution < 1.29 is 13.0 Å². The van der Waals surface area contributed by atoms with Crippen LogP contribution in [-0.4, -0.2) is 23.7 Å². The van der Waals surface area contributed by atoms with Gasteiger partial charge in [-0.05, 0) is 36.6 Å². The van der Waals surface area contributed by atoms with E-state index in [1.165, 1.54) is 0 Å². The SMILES string of the molecule is O=S(=O)(O)CCCc1cccc2nc3ccccc3cc12. The molecule has 3 rings (SSSR count). The van der Waals surface area contributed by atoms with Crippen molar-refractivity contribution in [3.05, 3.63) is 54.1 Å². The van der Waals surface area contributed by atoms with Crippen molar-refractivity contribution in [1.82, 2.24) is 4.98 Å². The highest BCUT2D eigenvalue weighted by molar-refractivity contribution is 7.85. The van der Waals surface area contributed by atoms with Crippen LogP contribution in [-0.2, 0) is 16.5 Å². The summed E-state index contributed by atoms with van der Waals surface area (Å²) in [7, 11) is -3.90. The van der Waals surface area contributed by atoms with Crippen LogP contribution < -0.4 is 0 Å². The fraction of sp³-hybridized carbons (Fsp3) is 0.188. The predicted molar refractivity (Wildman–Crippen MR) is 84.0 cm³/mol. The molecule has 21 heavy (non-hydrogen) atoms. The Balaban J connectivity index is 2.00. The second-order valence-corrected chi connectivity index (χ2v) is 6.63. The summed E-state index contributed by atoms with van der Waals surface area (Å²) < 4.78 is 30.4. The molecule has 1 heterocycles. The van der Waals surface area contributed by atoms with E-state index in [1.54, 1.807) is 0 Å². The van der Waals surface area contributed by atoms with Crippen LogP contribution in [0, 0.1) is 0 Å². The number of pyridine rings is 1. The van der Waals surface area contributed by atoms with Crippen molar-refractivity contribution in [2.45, 2.75) is 12.8 Å². The lowest BCUT2D eigenvalue weighted by molar-refractivity contribution is 0.481. The standard InChI is InChI=1S/C16H15NO3S/c18-21(19,20)10-4-7-12-6-3-9-16-14(12)11-13-5-1-2-8-15(13)17-16/h1-3,5-6,8-9,11H,4,7,10H2,(H,18,19,20). The normalized spacial score (nSPS) is 12.0. The number of nitrogens with zero attached hydrogens (tertiary/aromatic N) is 1. The first-order valence-corrected chi connectivity index (χ1v) is 8.36. The van der Waals surface area contributed by atoms with Crippen LogP contribution in [0.25, 0.3) is 21.8 Å². The van der Waals surface area contributed by atoms with Gasteiger partial charge in [-0.15, -0.1) is 0 Å². The van der Waals surface area contributed by atoms with E-state index in [9.17, 15) is 8.42 Å². The summed E-state index contributed by atoms with van der Waals surface area (Å²) >= 11 is 0. The van der Waals surface area contributed by atoms with Crippen LogP contribution in [0.15, 0.2) is 48.5 Å². The Morgan fingerprint density at radius 1 is 1.00 bits per heavy atom. The van der Waals surface area contributed by atoms with Gasteiger partial charge in [0.05, 0.1) is 16.8 Å². The van der Waals surface area contributed by atoms with Crippen LogP contribution in [0.4, 0.5) is 0 Å². The molecule has 0 saturated heterocycles.